The van der Waals surface area contributed by atoms with Crippen molar-refractivity contribution >= 4 is 0 Å². The van der Waals surface area contributed by atoms with Gasteiger partial charge < -0.3 is 0 Å². The van der Waals surface area contributed by atoms with Gasteiger partial charge in [-0.15, -0.1) is 0 Å². The lowest BCUT2D eigenvalue weighted by Gasteiger charge is -2.04. The molecule has 0 aromatic carbocycles. The fourth-order valence-electron chi connectivity index (χ4n) is 1.34. The Balaban J connectivity index is -0.000000375. The fourth-order valence-corrected chi connectivity index (χ4v) is 1.34. The van der Waals surface area contributed by atoms with Crippen LogP contribution < -0.4 is 0 Å². The molecule has 0 bridgehead atoms. The molecule has 0 unspecified atom stereocenters. The molecule has 112 valence electrons. The van der Waals surface area contributed by atoms with Crippen molar-refractivity contribution in [3.8, 4) is 0 Å². The number of rotatable bonds is 3. The van der Waals surface area contributed by atoms with E-state index >= 15 is 0 Å². The van der Waals surface area contributed by atoms with Crippen molar-refractivity contribution in [2.24, 2.45) is 0 Å². The van der Waals surface area contributed by atoms with Crippen molar-refractivity contribution in [3.05, 3.63) is 47.6 Å². The summed E-state index contributed by atoms with van der Waals surface area (Å²) >= 11 is 0. The normalized spacial score (nSPS) is 14.5. The lowest BCUT2D eigenvalue weighted by Crippen LogP contribution is -1.84. The molecule has 0 heterocycles. The molecule has 0 radical (unpaired) electrons. The Morgan fingerprint density at radius 1 is 1.05 bits per heavy atom. The van der Waals surface area contributed by atoms with Gasteiger partial charge in [-0.25, -0.2) is 0 Å². The molecular weight excluding hydrogens is 228 g/mol. The van der Waals surface area contributed by atoms with Crippen LogP contribution in [0.4, 0.5) is 0 Å². The lowest BCUT2D eigenvalue weighted by molar-refractivity contribution is 0.957. The maximum Gasteiger partial charge on any atom is -0.00917 e. The summed E-state index contributed by atoms with van der Waals surface area (Å²) in [5, 5.41) is 0. The molecular formula is C19H36. The zero-order valence-corrected chi connectivity index (χ0v) is 14.6. The Bertz CT molecular complexity index is 262. The minimum atomic E-state index is 1.08. The standard InChI is InChI=1S/C13H18.3C2H6/c1-3-4-6-9-12(2)13-10-7-5-8-11-13;3*1-2/h5-10H,3-4,11H2,1-2H3;3*1-2H3/b9-6-,13-12-;;;. The summed E-state index contributed by atoms with van der Waals surface area (Å²) in [5.41, 5.74) is 2.84. The highest BCUT2D eigenvalue weighted by Crippen LogP contribution is 2.16. The highest BCUT2D eigenvalue weighted by Gasteiger charge is 1.96. The summed E-state index contributed by atoms with van der Waals surface area (Å²) in [7, 11) is 0. The molecule has 0 nitrogen and oxygen atoms in total. The second-order valence-corrected chi connectivity index (χ2v) is 3.39. The molecule has 0 aliphatic heterocycles. The van der Waals surface area contributed by atoms with Gasteiger partial charge in [-0.3, -0.25) is 0 Å². The van der Waals surface area contributed by atoms with E-state index in [1.54, 1.807) is 0 Å². The van der Waals surface area contributed by atoms with Gasteiger partial charge in [-0.1, -0.05) is 91.3 Å². The van der Waals surface area contributed by atoms with Crippen LogP contribution in [0, 0.1) is 0 Å². The monoisotopic (exact) mass is 264 g/mol. The number of hydrogen-bond donors (Lipinski definition) is 0. The number of hydrogen-bond acceptors (Lipinski definition) is 0. The molecule has 19 heavy (non-hydrogen) atoms. The summed E-state index contributed by atoms with van der Waals surface area (Å²) in [6.07, 6.45) is 16.6. The maximum absolute atomic E-state index is 2.26. The van der Waals surface area contributed by atoms with Gasteiger partial charge in [0.25, 0.3) is 0 Å². The van der Waals surface area contributed by atoms with Crippen LogP contribution in [0.1, 0.15) is 74.7 Å². The third kappa shape index (κ3) is 14.9. The van der Waals surface area contributed by atoms with Crippen molar-refractivity contribution in [2.75, 3.05) is 0 Å². The van der Waals surface area contributed by atoms with Crippen LogP contribution in [0.2, 0.25) is 0 Å². The Morgan fingerprint density at radius 2 is 1.63 bits per heavy atom. The first kappa shape index (κ1) is 23.1. The number of allylic oxidation sites excluding steroid dienone is 8. The van der Waals surface area contributed by atoms with Crippen LogP contribution in [0.3, 0.4) is 0 Å². The molecule has 0 saturated heterocycles. The number of unbranched alkanes of at least 4 members (excludes halogenated alkanes) is 1. The SMILES string of the molecule is CC.CC.CC.CCC/C=C\C(C)=C1\C=CC=CC1. The highest BCUT2D eigenvalue weighted by atomic mass is 14.0. The van der Waals surface area contributed by atoms with E-state index in [0.717, 1.165) is 6.42 Å². The molecule has 1 aliphatic carbocycles. The van der Waals surface area contributed by atoms with Gasteiger partial charge in [0.15, 0.2) is 0 Å². The lowest BCUT2D eigenvalue weighted by atomic mass is 10.0. The molecule has 0 aromatic rings. The Morgan fingerprint density at radius 3 is 2.05 bits per heavy atom. The van der Waals surface area contributed by atoms with E-state index in [-0.39, 0.29) is 0 Å². The second kappa shape index (κ2) is 22.2. The predicted octanol–water partition coefficient (Wildman–Crippen LogP) is 7.25. The summed E-state index contributed by atoms with van der Waals surface area (Å²) < 4.78 is 0. The van der Waals surface area contributed by atoms with Crippen LogP contribution in [-0.2, 0) is 0 Å². The Labute approximate surface area is 123 Å². The van der Waals surface area contributed by atoms with Crippen LogP contribution in [0.5, 0.6) is 0 Å². The summed E-state index contributed by atoms with van der Waals surface area (Å²) in [4.78, 5) is 0. The van der Waals surface area contributed by atoms with E-state index in [9.17, 15) is 0 Å². The van der Waals surface area contributed by atoms with E-state index in [2.05, 4.69) is 50.3 Å². The highest BCUT2D eigenvalue weighted by molar-refractivity contribution is 5.37. The molecule has 1 rings (SSSR count). The van der Waals surface area contributed by atoms with Gasteiger partial charge in [0.05, 0.1) is 0 Å². The molecule has 0 heteroatoms. The zero-order valence-electron chi connectivity index (χ0n) is 14.6. The average Bonchev–Trinajstić information content (AvgIpc) is 2.54. The first-order valence-corrected chi connectivity index (χ1v) is 8.04. The van der Waals surface area contributed by atoms with Crippen molar-refractivity contribution in [1.82, 2.24) is 0 Å². The van der Waals surface area contributed by atoms with E-state index in [4.69, 9.17) is 0 Å². The third-order valence-electron chi connectivity index (χ3n) is 2.21. The molecule has 0 amide bonds. The quantitative estimate of drug-likeness (QED) is 0.503. The maximum atomic E-state index is 2.26. The largest absolute Gasteiger partial charge is 0.0843 e. The second-order valence-electron chi connectivity index (χ2n) is 3.39. The van der Waals surface area contributed by atoms with Gasteiger partial charge in [-0.05, 0) is 30.9 Å². The summed E-state index contributed by atoms with van der Waals surface area (Å²) in [5.74, 6) is 0. The first-order chi connectivity index (χ1) is 9.34. The van der Waals surface area contributed by atoms with Gasteiger partial charge >= 0.3 is 0 Å². The smallest absolute Gasteiger partial charge is 0.00917 e. The van der Waals surface area contributed by atoms with E-state index < -0.39 is 0 Å². The molecule has 0 aromatic heterocycles. The molecule has 0 N–H and O–H groups in total. The van der Waals surface area contributed by atoms with E-state index in [1.807, 2.05) is 41.5 Å². The predicted molar refractivity (Wildman–Crippen MR) is 93.7 cm³/mol. The molecule has 0 fully saturated rings. The van der Waals surface area contributed by atoms with Gasteiger partial charge in [0, 0.05) is 0 Å². The van der Waals surface area contributed by atoms with E-state index in [1.165, 1.54) is 24.0 Å². The van der Waals surface area contributed by atoms with Gasteiger partial charge in [-0.2, -0.15) is 0 Å². The summed E-state index contributed by atoms with van der Waals surface area (Å²) in [6, 6.07) is 0. The van der Waals surface area contributed by atoms with Gasteiger partial charge in [0.1, 0.15) is 0 Å². The first-order valence-electron chi connectivity index (χ1n) is 8.04. The Kier molecular flexibility index (Phi) is 26.9. The van der Waals surface area contributed by atoms with Crippen molar-refractivity contribution < 1.29 is 0 Å². The molecule has 0 spiro atoms. The van der Waals surface area contributed by atoms with Crippen molar-refractivity contribution in [3.63, 3.8) is 0 Å². The fraction of sp³-hybridized carbons (Fsp3) is 0.579. The van der Waals surface area contributed by atoms with E-state index in [0.29, 0.717) is 0 Å². The Hall–Kier alpha value is -1.04. The van der Waals surface area contributed by atoms with Crippen LogP contribution in [0.25, 0.3) is 0 Å². The summed E-state index contributed by atoms with van der Waals surface area (Å²) in [6.45, 7) is 16.4. The van der Waals surface area contributed by atoms with Crippen molar-refractivity contribution in [1.29, 1.82) is 0 Å². The van der Waals surface area contributed by atoms with Crippen LogP contribution >= 0.6 is 0 Å². The zero-order chi connectivity index (χ0) is 15.5. The topological polar surface area (TPSA) is 0 Å². The molecule has 1 aliphatic rings. The average molecular weight is 264 g/mol. The minimum Gasteiger partial charge on any atom is -0.0843 e. The van der Waals surface area contributed by atoms with Gasteiger partial charge in [0.2, 0.25) is 0 Å². The van der Waals surface area contributed by atoms with Crippen LogP contribution in [0.15, 0.2) is 47.6 Å². The van der Waals surface area contributed by atoms with Crippen LogP contribution in [-0.4, -0.2) is 0 Å². The third-order valence-corrected chi connectivity index (χ3v) is 2.21. The van der Waals surface area contributed by atoms with Crippen molar-refractivity contribution in [2.45, 2.75) is 74.7 Å². The molecule has 0 saturated carbocycles. The minimum absolute atomic E-state index is 1.08. The molecule has 0 atom stereocenters.